The van der Waals surface area contributed by atoms with Crippen molar-refractivity contribution < 1.29 is 14.1 Å². The summed E-state index contributed by atoms with van der Waals surface area (Å²) in [7, 11) is -0.839. The van der Waals surface area contributed by atoms with E-state index < -0.39 is 10.8 Å². The summed E-state index contributed by atoms with van der Waals surface area (Å²) in [5.41, 5.74) is 6.02. The van der Waals surface area contributed by atoms with Crippen LogP contribution in [0.2, 0.25) is 0 Å². The Morgan fingerprint density at radius 1 is 1.53 bits per heavy atom. The van der Waals surface area contributed by atoms with Crippen molar-refractivity contribution in [1.82, 2.24) is 5.32 Å². The number of rotatable bonds is 5. The highest BCUT2D eigenvalue weighted by molar-refractivity contribution is 7.84. The van der Waals surface area contributed by atoms with Crippen molar-refractivity contribution in [2.45, 2.75) is 6.42 Å². The topological polar surface area (TPSA) is 92.4 Å². The van der Waals surface area contributed by atoms with E-state index in [0.29, 0.717) is 24.3 Å². The number of nitrogens with two attached hydrogens (primary N) is 1. The predicted molar refractivity (Wildman–Crippen MR) is 68.4 cm³/mol. The largest absolute Gasteiger partial charge is 0.506 e. The standard InChI is InChI=1S/C11H16N2O3S/c1-17(16)6-2-5-13-11(15)8-3-4-9(12)10(14)7-8/h3-4,7,14H,2,5-6,12H2,1H3,(H,13,15). The van der Waals surface area contributed by atoms with Gasteiger partial charge in [0, 0.05) is 34.9 Å². The average molecular weight is 256 g/mol. The molecular weight excluding hydrogens is 240 g/mol. The normalized spacial score (nSPS) is 12.1. The maximum Gasteiger partial charge on any atom is 0.251 e. The van der Waals surface area contributed by atoms with Gasteiger partial charge in [0.15, 0.2) is 0 Å². The third kappa shape index (κ3) is 4.44. The van der Waals surface area contributed by atoms with Crippen LogP contribution in [0.15, 0.2) is 18.2 Å². The number of anilines is 1. The Kier molecular flexibility index (Phi) is 4.96. The van der Waals surface area contributed by atoms with Crippen molar-refractivity contribution in [3.8, 4) is 5.75 Å². The molecule has 0 saturated carbocycles. The van der Waals surface area contributed by atoms with Gasteiger partial charge in [0.2, 0.25) is 0 Å². The van der Waals surface area contributed by atoms with E-state index in [2.05, 4.69) is 5.32 Å². The molecule has 0 radical (unpaired) electrons. The molecule has 0 bridgehead atoms. The molecule has 1 amide bonds. The first-order valence-electron chi connectivity index (χ1n) is 5.17. The molecule has 0 spiro atoms. The zero-order valence-electron chi connectivity index (χ0n) is 9.60. The summed E-state index contributed by atoms with van der Waals surface area (Å²) in [4.78, 5) is 11.6. The number of phenolic OH excluding ortho intramolecular Hbond substituents is 1. The molecule has 1 unspecified atom stereocenters. The fraction of sp³-hybridized carbons (Fsp3) is 0.364. The van der Waals surface area contributed by atoms with E-state index in [1.807, 2.05) is 0 Å². The van der Waals surface area contributed by atoms with E-state index >= 15 is 0 Å². The molecule has 6 heteroatoms. The maximum atomic E-state index is 11.6. The van der Waals surface area contributed by atoms with Gasteiger partial charge in [0.25, 0.3) is 5.91 Å². The lowest BCUT2D eigenvalue weighted by molar-refractivity contribution is 0.0953. The van der Waals surface area contributed by atoms with E-state index in [-0.39, 0.29) is 17.3 Å². The lowest BCUT2D eigenvalue weighted by atomic mass is 10.2. The monoisotopic (exact) mass is 256 g/mol. The highest BCUT2D eigenvalue weighted by atomic mass is 32.2. The Balaban J connectivity index is 2.47. The Labute approximate surface area is 102 Å². The van der Waals surface area contributed by atoms with Crippen LogP contribution in [-0.4, -0.2) is 33.8 Å². The van der Waals surface area contributed by atoms with Gasteiger partial charge in [-0.2, -0.15) is 0 Å². The maximum absolute atomic E-state index is 11.6. The number of aromatic hydroxyl groups is 1. The van der Waals surface area contributed by atoms with Gasteiger partial charge in [0.1, 0.15) is 5.75 Å². The van der Waals surface area contributed by atoms with Crippen molar-refractivity contribution in [2.75, 3.05) is 24.3 Å². The Morgan fingerprint density at radius 3 is 2.82 bits per heavy atom. The molecule has 1 rings (SSSR count). The van der Waals surface area contributed by atoms with Crippen LogP contribution in [-0.2, 0) is 10.8 Å². The van der Waals surface area contributed by atoms with Crippen molar-refractivity contribution in [1.29, 1.82) is 0 Å². The van der Waals surface area contributed by atoms with Crippen molar-refractivity contribution in [2.24, 2.45) is 0 Å². The number of benzene rings is 1. The summed E-state index contributed by atoms with van der Waals surface area (Å²) in [6.07, 6.45) is 2.29. The molecule has 0 aromatic heterocycles. The highest BCUT2D eigenvalue weighted by Crippen LogP contribution is 2.20. The van der Waals surface area contributed by atoms with Crippen molar-refractivity contribution in [3.63, 3.8) is 0 Å². The average Bonchev–Trinajstić information content (AvgIpc) is 2.27. The summed E-state index contributed by atoms with van der Waals surface area (Å²) in [6.45, 7) is 0.462. The second-order valence-electron chi connectivity index (χ2n) is 3.66. The number of hydrogen-bond donors (Lipinski definition) is 3. The molecule has 5 nitrogen and oxygen atoms in total. The Bertz CT molecular complexity index is 435. The van der Waals surface area contributed by atoms with Gasteiger partial charge in [-0.05, 0) is 24.6 Å². The van der Waals surface area contributed by atoms with Crippen LogP contribution in [0.3, 0.4) is 0 Å². The van der Waals surface area contributed by atoms with Gasteiger partial charge >= 0.3 is 0 Å². The van der Waals surface area contributed by atoms with E-state index in [0.717, 1.165) is 0 Å². The van der Waals surface area contributed by atoms with Gasteiger partial charge < -0.3 is 16.2 Å². The molecule has 17 heavy (non-hydrogen) atoms. The van der Waals surface area contributed by atoms with Crippen LogP contribution in [0.4, 0.5) is 5.69 Å². The van der Waals surface area contributed by atoms with Crippen LogP contribution >= 0.6 is 0 Å². The summed E-state index contributed by atoms with van der Waals surface area (Å²) < 4.78 is 10.8. The Hall–Kier alpha value is -1.56. The van der Waals surface area contributed by atoms with E-state index in [1.54, 1.807) is 12.3 Å². The van der Waals surface area contributed by atoms with E-state index in [4.69, 9.17) is 5.73 Å². The van der Waals surface area contributed by atoms with Gasteiger partial charge in [-0.15, -0.1) is 0 Å². The molecule has 1 atom stereocenters. The SMILES string of the molecule is CS(=O)CCCNC(=O)c1ccc(N)c(O)c1. The van der Waals surface area contributed by atoms with Gasteiger partial charge in [-0.3, -0.25) is 9.00 Å². The smallest absolute Gasteiger partial charge is 0.251 e. The molecule has 94 valence electrons. The zero-order valence-corrected chi connectivity index (χ0v) is 10.4. The molecule has 0 fully saturated rings. The first-order chi connectivity index (χ1) is 8.00. The number of nitrogens with one attached hydrogen (secondary N) is 1. The van der Waals surface area contributed by atoms with Crippen LogP contribution in [0.5, 0.6) is 5.75 Å². The van der Waals surface area contributed by atoms with E-state index in [9.17, 15) is 14.1 Å². The lowest BCUT2D eigenvalue weighted by Crippen LogP contribution is -2.25. The molecule has 0 aliphatic heterocycles. The van der Waals surface area contributed by atoms with Gasteiger partial charge in [-0.1, -0.05) is 0 Å². The minimum absolute atomic E-state index is 0.104. The number of phenols is 1. The molecule has 0 aliphatic carbocycles. The first kappa shape index (κ1) is 13.5. The minimum Gasteiger partial charge on any atom is -0.506 e. The number of amides is 1. The minimum atomic E-state index is -0.839. The summed E-state index contributed by atoms with van der Waals surface area (Å²) >= 11 is 0. The predicted octanol–water partition coefficient (Wildman–Crippen LogP) is 0.473. The number of nitrogen functional groups attached to an aromatic ring is 1. The quantitative estimate of drug-likeness (QED) is 0.406. The molecule has 0 aliphatic rings. The van der Waals surface area contributed by atoms with Crippen LogP contribution in [0.25, 0.3) is 0 Å². The fourth-order valence-electron chi connectivity index (χ4n) is 1.26. The lowest BCUT2D eigenvalue weighted by Gasteiger charge is -2.06. The third-order valence-electron chi connectivity index (χ3n) is 2.19. The van der Waals surface area contributed by atoms with Crippen LogP contribution in [0, 0.1) is 0 Å². The molecule has 1 aromatic carbocycles. The highest BCUT2D eigenvalue weighted by Gasteiger charge is 2.07. The second-order valence-corrected chi connectivity index (χ2v) is 5.22. The summed E-state index contributed by atoms with van der Waals surface area (Å²) in [5.74, 6) is 0.183. The third-order valence-corrected chi connectivity index (χ3v) is 3.05. The number of carbonyl (C=O) groups is 1. The second kappa shape index (κ2) is 6.24. The fourth-order valence-corrected chi connectivity index (χ4v) is 1.82. The molecule has 0 saturated heterocycles. The summed E-state index contributed by atoms with van der Waals surface area (Å²) in [5, 5.41) is 12.0. The van der Waals surface area contributed by atoms with Gasteiger partial charge in [-0.25, -0.2) is 0 Å². The molecular formula is C11H16N2O3S. The van der Waals surface area contributed by atoms with Crippen molar-refractivity contribution in [3.05, 3.63) is 23.8 Å². The van der Waals surface area contributed by atoms with Gasteiger partial charge in [0.05, 0.1) is 5.69 Å². The molecule has 4 N–H and O–H groups in total. The summed E-state index contributed by atoms with van der Waals surface area (Å²) in [6, 6.07) is 4.34. The molecule has 0 heterocycles. The number of hydrogen-bond acceptors (Lipinski definition) is 4. The molecule has 1 aromatic rings. The first-order valence-corrected chi connectivity index (χ1v) is 6.90. The van der Waals surface area contributed by atoms with Crippen LogP contribution < -0.4 is 11.1 Å². The Morgan fingerprint density at radius 2 is 2.24 bits per heavy atom. The van der Waals surface area contributed by atoms with Crippen molar-refractivity contribution >= 4 is 22.4 Å². The number of carbonyl (C=O) groups excluding carboxylic acids is 1. The zero-order chi connectivity index (χ0) is 12.8. The van der Waals surface area contributed by atoms with Crippen LogP contribution in [0.1, 0.15) is 16.8 Å². The van der Waals surface area contributed by atoms with E-state index in [1.165, 1.54) is 12.1 Å².